The predicted octanol–water partition coefficient (Wildman–Crippen LogP) is 1.37. The molecule has 1 aromatic rings. The number of hydrogen-bond acceptors (Lipinski definition) is 4. The van der Waals surface area contributed by atoms with E-state index in [0.717, 1.165) is 5.56 Å². The zero-order valence-electron chi connectivity index (χ0n) is 11.2. The van der Waals surface area contributed by atoms with E-state index in [1.54, 1.807) is 7.11 Å². The molecule has 0 radical (unpaired) electrons. The van der Waals surface area contributed by atoms with E-state index in [0.29, 0.717) is 37.7 Å². The van der Waals surface area contributed by atoms with E-state index in [4.69, 9.17) is 9.47 Å². The van der Waals surface area contributed by atoms with Crippen LogP contribution in [0.15, 0.2) is 18.2 Å². The van der Waals surface area contributed by atoms with E-state index in [2.05, 4.69) is 10.7 Å². The van der Waals surface area contributed by atoms with Gasteiger partial charge in [0, 0.05) is 13.1 Å². The second-order valence-electron chi connectivity index (χ2n) is 4.37. The molecule has 0 aromatic heterocycles. The van der Waals surface area contributed by atoms with Crippen LogP contribution in [-0.4, -0.2) is 44.5 Å². The van der Waals surface area contributed by atoms with Crippen molar-refractivity contribution in [2.24, 2.45) is 0 Å². The van der Waals surface area contributed by atoms with Crippen molar-refractivity contribution in [1.29, 1.82) is 0 Å². The Morgan fingerprint density at radius 3 is 2.79 bits per heavy atom. The summed E-state index contributed by atoms with van der Waals surface area (Å²) in [7, 11) is 1.58. The molecule has 1 fully saturated rings. The minimum absolute atomic E-state index is 0.272. The van der Waals surface area contributed by atoms with E-state index in [9.17, 15) is 4.79 Å². The van der Waals surface area contributed by atoms with E-state index in [1.807, 2.05) is 30.1 Å². The normalized spacial score (nSPS) is 15.9. The number of benzene rings is 1. The molecule has 1 aromatic carbocycles. The summed E-state index contributed by atoms with van der Waals surface area (Å²) >= 11 is 0. The van der Waals surface area contributed by atoms with Crippen LogP contribution in [-0.2, 0) is 4.74 Å². The number of morpholine rings is 1. The largest absolute Gasteiger partial charge is 0.495 e. The quantitative estimate of drug-likeness (QED) is 0.866. The highest BCUT2D eigenvalue weighted by Crippen LogP contribution is 2.24. The number of nitrogens with one attached hydrogen (secondary N) is 2. The molecule has 104 valence electrons. The zero-order valence-corrected chi connectivity index (χ0v) is 11.2. The molecular formula is C13H19N3O3. The number of amides is 2. The highest BCUT2D eigenvalue weighted by molar-refractivity contribution is 5.90. The number of ether oxygens (including phenoxy) is 2. The molecule has 1 heterocycles. The lowest BCUT2D eigenvalue weighted by molar-refractivity contribution is 0.0207. The van der Waals surface area contributed by atoms with Crippen LogP contribution in [0.2, 0.25) is 0 Å². The van der Waals surface area contributed by atoms with Gasteiger partial charge in [-0.05, 0) is 24.6 Å². The van der Waals surface area contributed by atoms with Crippen LogP contribution in [0.5, 0.6) is 5.75 Å². The van der Waals surface area contributed by atoms with Crippen LogP contribution in [0.25, 0.3) is 0 Å². The molecule has 2 amide bonds. The van der Waals surface area contributed by atoms with Gasteiger partial charge in [0.05, 0.1) is 26.0 Å². The predicted molar refractivity (Wildman–Crippen MR) is 72.3 cm³/mol. The zero-order chi connectivity index (χ0) is 13.7. The molecule has 2 rings (SSSR count). The summed E-state index contributed by atoms with van der Waals surface area (Å²) in [5.74, 6) is 0.641. The molecule has 0 bridgehead atoms. The number of hydrazine groups is 1. The van der Waals surface area contributed by atoms with Crippen LogP contribution < -0.4 is 15.5 Å². The van der Waals surface area contributed by atoms with Gasteiger partial charge < -0.3 is 14.8 Å². The molecule has 1 aliphatic heterocycles. The Morgan fingerprint density at radius 2 is 2.11 bits per heavy atom. The van der Waals surface area contributed by atoms with E-state index in [-0.39, 0.29) is 6.03 Å². The van der Waals surface area contributed by atoms with Crippen LogP contribution in [0, 0.1) is 6.92 Å². The van der Waals surface area contributed by atoms with Gasteiger partial charge in [-0.25, -0.2) is 9.80 Å². The van der Waals surface area contributed by atoms with E-state index in [1.165, 1.54) is 0 Å². The number of hydrogen-bond donors (Lipinski definition) is 2. The molecule has 0 unspecified atom stereocenters. The Balaban J connectivity index is 1.95. The van der Waals surface area contributed by atoms with Crippen molar-refractivity contribution in [3.63, 3.8) is 0 Å². The number of nitrogens with zero attached hydrogens (tertiary/aromatic N) is 1. The fourth-order valence-electron chi connectivity index (χ4n) is 1.89. The number of aryl methyl sites for hydroxylation is 1. The summed E-state index contributed by atoms with van der Waals surface area (Å²) in [6.07, 6.45) is 0. The molecule has 0 aliphatic carbocycles. The monoisotopic (exact) mass is 265 g/mol. The third-order valence-corrected chi connectivity index (χ3v) is 2.87. The van der Waals surface area contributed by atoms with Crippen LogP contribution in [0.3, 0.4) is 0 Å². The SMILES string of the molecule is COc1ccc(C)cc1NC(=O)NN1CCOCC1. The highest BCUT2D eigenvalue weighted by atomic mass is 16.5. The van der Waals surface area contributed by atoms with Crippen molar-refractivity contribution in [2.45, 2.75) is 6.92 Å². The van der Waals surface area contributed by atoms with Gasteiger partial charge in [0.2, 0.25) is 0 Å². The van der Waals surface area contributed by atoms with Gasteiger partial charge in [0.1, 0.15) is 5.75 Å². The smallest absolute Gasteiger partial charge is 0.333 e. The number of rotatable bonds is 3. The topological polar surface area (TPSA) is 62.8 Å². The first-order valence-electron chi connectivity index (χ1n) is 6.24. The molecule has 6 heteroatoms. The Labute approximate surface area is 112 Å². The molecular weight excluding hydrogens is 246 g/mol. The Bertz CT molecular complexity index is 445. The van der Waals surface area contributed by atoms with Gasteiger partial charge in [-0.2, -0.15) is 0 Å². The molecule has 19 heavy (non-hydrogen) atoms. The van der Waals surface area contributed by atoms with Crippen molar-refractivity contribution in [2.75, 3.05) is 38.7 Å². The summed E-state index contributed by atoms with van der Waals surface area (Å²) in [4.78, 5) is 11.9. The molecule has 1 saturated heterocycles. The molecule has 0 atom stereocenters. The third kappa shape index (κ3) is 3.84. The minimum Gasteiger partial charge on any atom is -0.495 e. The van der Waals surface area contributed by atoms with Crippen molar-refractivity contribution >= 4 is 11.7 Å². The second-order valence-corrected chi connectivity index (χ2v) is 4.37. The minimum atomic E-state index is -0.272. The highest BCUT2D eigenvalue weighted by Gasteiger charge is 2.14. The van der Waals surface area contributed by atoms with Crippen molar-refractivity contribution in [1.82, 2.24) is 10.4 Å². The average molecular weight is 265 g/mol. The summed E-state index contributed by atoms with van der Waals surface area (Å²) in [5.41, 5.74) is 4.50. The van der Waals surface area contributed by atoms with Crippen LogP contribution in [0.1, 0.15) is 5.56 Å². The fraction of sp³-hybridized carbons (Fsp3) is 0.462. The Kier molecular flexibility index (Phi) is 4.59. The van der Waals surface area contributed by atoms with Crippen LogP contribution in [0.4, 0.5) is 10.5 Å². The number of anilines is 1. The Hall–Kier alpha value is -1.79. The van der Waals surface area contributed by atoms with Gasteiger partial charge in [-0.3, -0.25) is 5.43 Å². The summed E-state index contributed by atoms with van der Waals surface area (Å²) in [5, 5.41) is 4.63. The maximum atomic E-state index is 11.9. The third-order valence-electron chi connectivity index (χ3n) is 2.87. The summed E-state index contributed by atoms with van der Waals surface area (Å²) in [6, 6.07) is 5.37. The molecule has 0 spiro atoms. The summed E-state index contributed by atoms with van der Waals surface area (Å²) < 4.78 is 10.4. The van der Waals surface area contributed by atoms with Crippen LogP contribution >= 0.6 is 0 Å². The molecule has 1 aliphatic rings. The first-order chi connectivity index (χ1) is 9.19. The lowest BCUT2D eigenvalue weighted by Crippen LogP contribution is -2.49. The lowest BCUT2D eigenvalue weighted by Gasteiger charge is -2.27. The Morgan fingerprint density at radius 1 is 1.37 bits per heavy atom. The number of carbonyl (C=O) groups excluding carboxylic acids is 1. The first-order valence-corrected chi connectivity index (χ1v) is 6.24. The van der Waals surface area contributed by atoms with Gasteiger partial charge in [0.15, 0.2) is 0 Å². The average Bonchev–Trinajstić information content (AvgIpc) is 2.40. The van der Waals surface area contributed by atoms with Gasteiger partial charge in [-0.15, -0.1) is 0 Å². The molecule has 2 N–H and O–H groups in total. The van der Waals surface area contributed by atoms with Crippen molar-refractivity contribution in [3.05, 3.63) is 23.8 Å². The van der Waals surface area contributed by atoms with Gasteiger partial charge >= 0.3 is 6.03 Å². The molecule has 6 nitrogen and oxygen atoms in total. The number of carbonyl (C=O) groups is 1. The standard InChI is InChI=1S/C13H19N3O3/c1-10-3-4-12(18-2)11(9-10)14-13(17)15-16-5-7-19-8-6-16/h3-4,9H,5-8H2,1-2H3,(H2,14,15,17). The number of urea groups is 1. The second kappa shape index (κ2) is 6.40. The van der Waals surface area contributed by atoms with Gasteiger partial charge in [0.25, 0.3) is 0 Å². The number of methoxy groups -OCH3 is 1. The maximum absolute atomic E-state index is 11.9. The van der Waals surface area contributed by atoms with E-state index >= 15 is 0 Å². The van der Waals surface area contributed by atoms with E-state index < -0.39 is 0 Å². The van der Waals surface area contributed by atoms with Crippen molar-refractivity contribution < 1.29 is 14.3 Å². The maximum Gasteiger partial charge on any atom is 0.333 e. The fourth-order valence-corrected chi connectivity index (χ4v) is 1.89. The molecule has 0 saturated carbocycles. The van der Waals surface area contributed by atoms with Gasteiger partial charge in [-0.1, -0.05) is 6.07 Å². The van der Waals surface area contributed by atoms with Crippen molar-refractivity contribution in [3.8, 4) is 5.75 Å². The summed E-state index contributed by atoms with van der Waals surface area (Å²) in [6.45, 7) is 4.61. The lowest BCUT2D eigenvalue weighted by atomic mass is 10.2. The first kappa shape index (κ1) is 13.6.